The van der Waals surface area contributed by atoms with Gasteiger partial charge in [-0.1, -0.05) is 0 Å². The molecule has 0 saturated heterocycles. The minimum Gasteiger partial charge on any atom is -0.356 e. The molecule has 0 radical (unpaired) electrons. The number of hydrogen-bond donors (Lipinski definition) is 3. The van der Waals surface area contributed by atoms with Crippen LogP contribution in [0, 0.1) is 5.41 Å². The first-order valence-corrected chi connectivity index (χ1v) is 7.22. The highest BCUT2D eigenvalue weighted by molar-refractivity contribution is 7.88. The van der Waals surface area contributed by atoms with E-state index in [1.165, 1.54) is 0 Å². The van der Waals surface area contributed by atoms with Crippen LogP contribution in [0.2, 0.25) is 0 Å². The SMILES string of the molecule is CS(=O)(=O)NCCCNC(=O)C1(CN)CC1. The molecule has 16 heavy (non-hydrogen) atoms. The summed E-state index contributed by atoms with van der Waals surface area (Å²) in [4.78, 5) is 11.6. The fourth-order valence-corrected chi connectivity index (χ4v) is 1.93. The lowest BCUT2D eigenvalue weighted by atomic mass is 10.1. The molecule has 0 atom stereocenters. The largest absolute Gasteiger partial charge is 0.356 e. The van der Waals surface area contributed by atoms with Crippen LogP contribution in [-0.2, 0) is 14.8 Å². The molecule has 7 heteroatoms. The quantitative estimate of drug-likeness (QED) is 0.492. The van der Waals surface area contributed by atoms with Gasteiger partial charge in [0.15, 0.2) is 0 Å². The second-order valence-electron chi connectivity index (χ2n) is 4.26. The predicted molar refractivity (Wildman–Crippen MR) is 61.2 cm³/mol. The zero-order chi connectivity index (χ0) is 12.2. The number of nitrogens with one attached hydrogen (secondary N) is 2. The molecule has 0 unspecified atom stereocenters. The molecular formula is C9H19N3O3S. The van der Waals surface area contributed by atoms with Crippen molar-refractivity contribution in [2.24, 2.45) is 11.1 Å². The molecule has 1 saturated carbocycles. The summed E-state index contributed by atoms with van der Waals surface area (Å²) < 4.78 is 23.8. The highest BCUT2D eigenvalue weighted by Crippen LogP contribution is 2.44. The molecule has 1 aliphatic carbocycles. The van der Waals surface area contributed by atoms with Gasteiger partial charge in [-0.25, -0.2) is 13.1 Å². The van der Waals surface area contributed by atoms with Crippen molar-refractivity contribution >= 4 is 15.9 Å². The average Bonchev–Trinajstić information content (AvgIpc) is 2.95. The Morgan fingerprint density at radius 2 is 2.00 bits per heavy atom. The Morgan fingerprint density at radius 3 is 2.44 bits per heavy atom. The van der Waals surface area contributed by atoms with E-state index in [0.29, 0.717) is 26.1 Å². The van der Waals surface area contributed by atoms with Gasteiger partial charge < -0.3 is 11.1 Å². The number of amides is 1. The molecule has 0 aromatic rings. The van der Waals surface area contributed by atoms with Crippen LogP contribution in [0.15, 0.2) is 0 Å². The molecule has 6 nitrogen and oxygen atoms in total. The number of carbonyl (C=O) groups excluding carboxylic acids is 1. The van der Waals surface area contributed by atoms with Crippen molar-refractivity contribution in [2.75, 3.05) is 25.9 Å². The van der Waals surface area contributed by atoms with E-state index in [-0.39, 0.29) is 11.3 Å². The van der Waals surface area contributed by atoms with E-state index < -0.39 is 10.0 Å². The fourth-order valence-electron chi connectivity index (χ4n) is 1.41. The second kappa shape index (κ2) is 5.11. The van der Waals surface area contributed by atoms with Crippen LogP contribution in [0.1, 0.15) is 19.3 Å². The van der Waals surface area contributed by atoms with Crippen molar-refractivity contribution in [1.82, 2.24) is 10.0 Å². The van der Waals surface area contributed by atoms with Crippen LogP contribution >= 0.6 is 0 Å². The monoisotopic (exact) mass is 249 g/mol. The summed E-state index contributed by atoms with van der Waals surface area (Å²) in [5.41, 5.74) is 5.18. The van der Waals surface area contributed by atoms with Gasteiger partial charge in [-0.15, -0.1) is 0 Å². The third-order valence-corrected chi connectivity index (χ3v) is 3.46. The standard InChI is InChI=1S/C9H19N3O3S/c1-16(14,15)12-6-2-5-11-8(13)9(7-10)3-4-9/h12H,2-7,10H2,1H3,(H,11,13). The topological polar surface area (TPSA) is 101 Å². The number of rotatable bonds is 7. The van der Waals surface area contributed by atoms with Crippen molar-refractivity contribution in [3.05, 3.63) is 0 Å². The van der Waals surface area contributed by atoms with E-state index in [1.807, 2.05) is 0 Å². The van der Waals surface area contributed by atoms with Crippen molar-refractivity contribution in [3.63, 3.8) is 0 Å². The molecule has 1 aliphatic rings. The summed E-state index contributed by atoms with van der Waals surface area (Å²) in [6.07, 6.45) is 3.41. The number of hydrogen-bond acceptors (Lipinski definition) is 4. The summed E-state index contributed by atoms with van der Waals surface area (Å²) in [7, 11) is -3.13. The predicted octanol–water partition coefficient (Wildman–Crippen LogP) is -1.22. The normalized spacial score (nSPS) is 18.1. The van der Waals surface area contributed by atoms with Gasteiger partial charge in [0.1, 0.15) is 0 Å². The molecule has 0 aromatic carbocycles. The molecule has 0 heterocycles. The van der Waals surface area contributed by atoms with Gasteiger partial charge in [-0.2, -0.15) is 0 Å². The van der Waals surface area contributed by atoms with Crippen LogP contribution in [0.4, 0.5) is 0 Å². The van der Waals surface area contributed by atoms with Crippen LogP contribution in [-0.4, -0.2) is 40.2 Å². The third-order valence-electron chi connectivity index (χ3n) is 2.73. The van der Waals surface area contributed by atoms with E-state index in [2.05, 4.69) is 10.0 Å². The highest BCUT2D eigenvalue weighted by Gasteiger charge is 2.48. The Hall–Kier alpha value is -0.660. The molecule has 0 aliphatic heterocycles. The molecule has 0 spiro atoms. The fraction of sp³-hybridized carbons (Fsp3) is 0.889. The molecule has 1 amide bonds. The van der Waals surface area contributed by atoms with E-state index in [9.17, 15) is 13.2 Å². The Bertz CT molecular complexity index is 349. The summed E-state index contributed by atoms with van der Waals surface area (Å²) in [5, 5.41) is 2.77. The van der Waals surface area contributed by atoms with E-state index in [1.54, 1.807) is 0 Å². The van der Waals surface area contributed by atoms with Gasteiger partial charge in [0.05, 0.1) is 11.7 Å². The van der Waals surface area contributed by atoms with Crippen LogP contribution in [0.3, 0.4) is 0 Å². The minimum atomic E-state index is -3.13. The zero-order valence-electron chi connectivity index (χ0n) is 9.45. The Labute approximate surface area is 96.0 Å². The van der Waals surface area contributed by atoms with Crippen LogP contribution in [0.25, 0.3) is 0 Å². The summed E-state index contributed by atoms with van der Waals surface area (Å²) >= 11 is 0. The molecule has 1 fully saturated rings. The van der Waals surface area contributed by atoms with Crippen molar-refractivity contribution in [2.45, 2.75) is 19.3 Å². The summed E-state index contributed by atoms with van der Waals surface area (Å²) in [6, 6.07) is 0. The van der Waals surface area contributed by atoms with E-state index >= 15 is 0 Å². The molecule has 4 N–H and O–H groups in total. The van der Waals surface area contributed by atoms with Crippen LogP contribution in [0.5, 0.6) is 0 Å². The Balaban J connectivity index is 2.10. The summed E-state index contributed by atoms with van der Waals surface area (Å²) in [5.74, 6) is -0.00523. The maximum absolute atomic E-state index is 11.6. The van der Waals surface area contributed by atoms with Crippen molar-refractivity contribution in [1.29, 1.82) is 0 Å². The number of nitrogens with two attached hydrogens (primary N) is 1. The number of carbonyl (C=O) groups is 1. The molecule has 0 aromatic heterocycles. The maximum Gasteiger partial charge on any atom is 0.227 e. The summed E-state index contributed by atoms with van der Waals surface area (Å²) in [6.45, 7) is 1.21. The lowest BCUT2D eigenvalue weighted by Gasteiger charge is -2.12. The smallest absolute Gasteiger partial charge is 0.227 e. The Kier molecular flexibility index (Phi) is 4.28. The number of sulfonamides is 1. The lowest BCUT2D eigenvalue weighted by molar-refractivity contribution is -0.125. The van der Waals surface area contributed by atoms with Gasteiger partial charge in [0.2, 0.25) is 15.9 Å². The molecule has 94 valence electrons. The highest BCUT2D eigenvalue weighted by atomic mass is 32.2. The maximum atomic E-state index is 11.6. The van der Waals surface area contributed by atoms with Gasteiger partial charge in [0.25, 0.3) is 0 Å². The first-order valence-electron chi connectivity index (χ1n) is 5.33. The van der Waals surface area contributed by atoms with Gasteiger partial charge >= 0.3 is 0 Å². The van der Waals surface area contributed by atoms with E-state index in [0.717, 1.165) is 19.1 Å². The van der Waals surface area contributed by atoms with E-state index in [4.69, 9.17) is 5.73 Å². The zero-order valence-corrected chi connectivity index (χ0v) is 10.3. The average molecular weight is 249 g/mol. The van der Waals surface area contributed by atoms with Crippen molar-refractivity contribution in [3.8, 4) is 0 Å². The molecular weight excluding hydrogens is 230 g/mol. The second-order valence-corrected chi connectivity index (χ2v) is 6.09. The first-order chi connectivity index (χ1) is 7.40. The molecule has 0 bridgehead atoms. The minimum absolute atomic E-state index is 0.00523. The van der Waals surface area contributed by atoms with Crippen LogP contribution < -0.4 is 15.8 Å². The first kappa shape index (κ1) is 13.4. The Morgan fingerprint density at radius 1 is 1.38 bits per heavy atom. The van der Waals surface area contributed by atoms with Gasteiger partial charge in [0, 0.05) is 19.6 Å². The third kappa shape index (κ3) is 4.07. The van der Waals surface area contributed by atoms with Crippen molar-refractivity contribution < 1.29 is 13.2 Å². The van der Waals surface area contributed by atoms with Gasteiger partial charge in [-0.05, 0) is 19.3 Å². The molecule has 1 rings (SSSR count). The van der Waals surface area contributed by atoms with Gasteiger partial charge in [-0.3, -0.25) is 4.79 Å². The lowest BCUT2D eigenvalue weighted by Crippen LogP contribution is -2.38.